The van der Waals surface area contributed by atoms with Crippen molar-refractivity contribution in [3.05, 3.63) is 59.7 Å². The number of para-hydroxylation sites is 2. The minimum atomic E-state index is -0.174. The zero-order valence-corrected chi connectivity index (χ0v) is 13.0. The summed E-state index contributed by atoms with van der Waals surface area (Å²) in [5.41, 5.74) is 3.38. The molecule has 0 aliphatic carbocycles. The smallest absolute Gasteiger partial charge is 0.253 e. The molecule has 0 saturated heterocycles. The number of fused-ring (bicyclic) bond motifs is 1. The molecule has 0 aromatic heterocycles. The van der Waals surface area contributed by atoms with Crippen LogP contribution in [-0.4, -0.2) is 32.0 Å². The Labute approximate surface area is 135 Å². The number of benzene rings is 2. The van der Waals surface area contributed by atoms with E-state index < -0.39 is 0 Å². The highest BCUT2D eigenvalue weighted by atomic mass is 16.2. The molecule has 0 spiro atoms. The molecule has 1 aliphatic heterocycles. The summed E-state index contributed by atoms with van der Waals surface area (Å²) in [6.07, 6.45) is 0.886. The number of nitrogens with zero attached hydrogens (tertiary/aromatic N) is 1. The van der Waals surface area contributed by atoms with Gasteiger partial charge in [-0.2, -0.15) is 0 Å². The van der Waals surface area contributed by atoms with E-state index in [-0.39, 0.29) is 18.4 Å². The molecule has 2 aromatic rings. The van der Waals surface area contributed by atoms with Crippen molar-refractivity contribution in [2.45, 2.75) is 6.42 Å². The van der Waals surface area contributed by atoms with Crippen LogP contribution in [0.2, 0.25) is 0 Å². The van der Waals surface area contributed by atoms with Gasteiger partial charge < -0.3 is 15.5 Å². The fourth-order valence-corrected chi connectivity index (χ4v) is 2.83. The predicted molar refractivity (Wildman–Crippen MR) is 90.8 cm³/mol. The second kappa shape index (κ2) is 6.52. The van der Waals surface area contributed by atoms with Gasteiger partial charge in [0.1, 0.15) is 0 Å². The first kappa shape index (κ1) is 15.1. The predicted octanol–water partition coefficient (Wildman–Crippen LogP) is 2.05. The summed E-state index contributed by atoms with van der Waals surface area (Å²) >= 11 is 0. The number of carbonyl (C=O) groups is 2. The van der Waals surface area contributed by atoms with Gasteiger partial charge in [-0.25, -0.2) is 0 Å². The van der Waals surface area contributed by atoms with Crippen LogP contribution in [0.25, 0.3) is 0 Å². The number of nitrogens with one attached hydrogen (secondary N) is 2. The minimum Gasteiger partial charge on any atom is -0.375 e. The normalized spacial score (nSPS) is 12.7. The van der Waals surface area contributed by atoms with Crippen LogP contribution in [0.1, 0.15) is 15.9 Å². The topological polar surface area (TPSA) is 61.4 Å². The fraction of sp³-hybridized carbons (Fsp3) is 0.222. The number of hydrogen-bond acceptors (Lipinski definition) is 3. The highest BCUT2D eigenvalue weighted by molar-refractivity contribution is 6.01. The molecule has 1 aliphatic rings. The first-order chi connectivity index (χ1) is 11.2. The van der Waals surface area contributed by atoms with E-state index in [1.165, 1.54) is 5.56 Å². The Morgan fingerprint density at radius 3 is 2.65 bits per heavy atom. The standard InChI is InChI=1S/C18H19N3O2/c1-19-18(23)14-7-3-4-8-15(14)20-12-17(22)21-11-10-13-6-2-5-9-16(13)21/h2-9,20H,10-12H2,1H3,(H,19,23). The van der Waals surface area contributed by atoms with E-state index in [1.54, 1.807) is 30.1 Å². The molecule has 0 fully saturated rings. The number of anilines is 2. The molecule has 2 amide bonds. The first-order valence-corrected chi connectivity index (χ1v) is 7.64. The van der Waals surface area contributed by atoms with E-state index in [9.17, 15) is 9.59 Å². The maximum Gasteiger partial charge on any atom is 0.253 e. The number of carbonyl (C=O) groups excluding carboxylic acids is 2. The molecule has 118 valence electrons. The van der Waals surface area contributed by atoms with Crippen LogP contribution in [-0.2, 0) is 11.2 Å². The van der Waals surface area contributed by atoms with E-state index >= 15 is 0 Å². The van der Waals surface area contributed by atoms with E-state index in [0.717, 1.165) is 12.1 Å². The van der Waals surface area contributed by atoms with Gasteiger partial charge in [0.05, 0.1) is 12.1 Å². The van der Waals surface area contributed by atoms with Crippen molar-refractivity contribution >= 4 is 23.2 Å². The lowest BCUT2D eigenvalue weighted by atomic mass is 10.1. The van der Waals surface area contributed by atoms with Crippen LogP contribution in [0.4, 0.5) is 11.4 Å². The van der Waals surface area contributed by atoms with Crippen LogP contribution in [0.15, 0.2) is 48.5 Å². The Hall–Kier alpha value is -2.82. The van der Waals surface area contributed by atoms with Crippen molar-refractivity contribution in [1.82, 2.24) is 5.32 Å². The van der Waals surface area contributed by atoms with Crippen LogP contribution in [0.5, 0.6) is 0 Å². The summed E-state index contributed by atoms with van der Waals surface area (Å²) in [5.74, 6) is -0.172. The quantitative estimate of drug-likeness (QED) is 0.908. The summed E-state index contributed by atoms with van der Waals surface area (Å²) in [5, 5.41) is 5.69. The van der Waals surface area contributed by atoms with Crippen LogP contribution in [0.3, 0.4) is 0 Å². The Morgan fingerprint density at radius 1 is 1.09 bits per heavy atom. The molecule has 0 atom stereocenters. The second-order valence-electron chi connectivity index (χ2n) is 5.40. The maximum absolute atomic E-state index is 12.5. The molecule has 5 heteroatoms. The van der Waals surface area contributed by atoms with Gasteiger partial charge in [-0.15, -0.1) is 0 Å². The number of rotatable bonds is 4. The monoisotopic (exact) mass is 309 g/mol. The third-order valence-electron chi connectivity index (χ3n) is 4.02. The molecule has 0 radical (unpaired) electrons. The third kappa shape index (κ3) is 3.04. The molecule has 0 bridgehead atoms. The zero-order valence-electron chi connectivity index (χ0n) is 13.0. The van der Waals surface area contributed by atoms with Crippen molar-refractivity contribution in [3.8, 4) is 0 Å². The molecular formula is C18H19N3O2. The molecule has 2 N–H and O–H groups in total. The van der Waals surface area contributed by atoms with Crippen LogP contribution >= 0.6 is 0 Å². The van der Waals surface area contributed by atoms with Gasteiger partial charge in [0, 0.05) is 25.0 Å². The zero-order chi connectivity index (χ0) is 16.2. The lowest BCUT2D eigenvalue weighted by Gasteiger charge is -2.18. The third-order valence-corrected chi connectivity index (χ3v) is 4.02. The Balaban J connectivity index is 1.70. The summed E-state index contributed by atoms with van der Waals surface area (Å²) in [4.78, 5) is 26.1. The number of amides is 2. The first-order valence-electron chi connectivity index (χ1n) is 7.64. The van der Waals surface area contributed by atoms with Gasteiger partial charge in [-0.3, -0.25) is 9.59 Å². The van der Waals surface area contributed by atoms with E-state index in [2.05, 4.69) is 16.7 Å². The molecule has 1 heterocycles. The molecule has 0 unspecified atom stereocenters. The molecule has 2 aromatic carbocycles. The summed E-state index contributed by atoms with van der Waals surface area (Å²) in [6, 6.07) is 15.1. The van der Waals surface area contributed by atoms with Gasteiger partial charge >= 0.3 is 0 Å². The minimum absolute atomic E-state index is 0.00154. The van der Waals surface area contributed by atoms with Crippen LogP contribution < -0.4 is 15.5 Å². The lowest BCUT2D eigenvalue weighted by Crippen LogP contribution is -2.34. The molecule has 3 rings (SSSR count). The van der Waals surface area contributed by atoms with Gasteiger partial charge in [-0.05, 0) is 30.2 Å². The van der Waals surface area contributed by atoms with Crippen molar-refractivity contribution in [3.63, 3.8) is 0 Å². The lowest BCUT2D eigenvalue weighted by molar-refractivity contribution is -0.116. The molecule has 5 nitrogen and oxygen atoms in total. The average molecular weight is 309 g/mol. The van der Waals surface area contributed by atoms with Gasteiger partial charge in [0.2, 0.25) is 5.91 Å². The van der Waals surface area contributed by atoms with Crippen molar-refractivity contribution in [2.75, 3.05) is 30.4 Å². The van der Waals surface area contributed by atoms with E-state index in [0.29, 0.717) is 17.8 Å². The maximum atomic E-state index is 12.5. The second-order valence-corrected chi connectivity index (χ2v) is 5.40. The average Bonchev–Trinajstić information content (AvgIpc) is 3.03. The summed E-state index contributed by atoms with van der Waals surface area (Å²) in [6.45, 7) is 0.860. The van der Waals surface area contributed by atoms with Crippen LogP contribution in [0, 0.1) is 0 Å². The fourth-order valence-electron chi connectivity index (χ4n) is 2.83. The van der Waals surface area contributed by atoms with E-state index in [4.69, 9.17) is 0 Å². The summed E-state index contributed by atoms with van der Waals surface area (Å²) < 4.78 is 0. The van der Waals surface area contributed by atoms with Crippen molar-refractivity contribution < 1.29 is 9.59 Å². The highest BCUT2D eigenvalue weighted by Crippen LogP contribution is 2.27. The highest BCUT2D eigenvalue weighted by Gasteiger charge is 2.23. The SMILES string of the molecule is CNC(=O)c1ccccc1NCC(=O)N1CCc2ccccc21. The van der Waals surface area contributed by atoms with Gasteiger partial charge in [-0.1, -0.05) is 30.3 Å². The number of hydrogen-bond donors (Lipinski definition) is 2. The summed E-state index contributed by atoms with van der Waals surface area (Å²) in [7, 11) is 1.59. The van der Waals surface area contributed by atoms with E-state index in [1.807, 2.05) is 24.3 Å². The largest absolute Gasteiger partial charge is 0.375 e. The molecular weight excluding hydrogens is 290 g/mol. The Bertz CT molecular complexity index is 743. The van der Waals surface area contributed by atoms with Gasteiger partial charge in [0.15, 0.2) is 0 Å². The van der Waals surface area contributed by atoms with Gasteiger partial charge in [0.25, 0.3) is 5.91 Å². The van der Waals surface area contributed by atoms with Crippen molar-refractivity contribution in [2.24, 2.45) is 0 Å². The Kier molecular flexibility index (Phi) is 4.28. The molecule has 0 saturated carbocycles. The van der Waals surface area contributed by atoms with Crippen molar-refractivity contribution in [1.29, 1.82) is 0 Å². The Morgan fingerprint density at radius 2 is 1.83 bits per heavy atom. The molecule has 23 heavy (non-hydrogen) atoms.